The van der Waals surface area contributed by atoms with Crippen LogP contribution in [0.15, 0.2) is 60.7 Å². The summed E-state index contributed by atoms with van der Waals surface area (Å²) in [6.07, 6.45) is 0. The van der Waals surface area contributed by atoms with Gasteiger partial charge in [0, 0.05) is 0 Å². The topological polar surface area (TPSA) is 17.1 Å². The standard InChI is InChI=1S/C13H10ClOP/c14-13(16-15,11-7-3-1-4-8-11)12-9-5-2-6-10-12/h1-10H. The molecule has 3 heteroatoms. The van der Waals surface area contributed by atoms with Gasteiger partial charge in [-0.2, -0.15) is 0 Å². The molecule has 0 atom stereocenters. The summed E-state index contributed by atoms with van der Waals surface area (Å²) < 4.78 is 10.4. The molecule has 0 unspecified atom stereocenters. The second kappa shape index (κ2) is 4.78. The van der Waals surface area contributed by atoms with Crippen molar-refractivity contribution in [2.24, 2.45) is 0 Å². The lowest BCUT2D eigenvalue weighted by molar-refractivity contribution is 0.592. The number of hydrogen-bond donors (Lipinski definition) is 0. The molecule has 1 nitrogen and oxygen atoms in total. The highest BCUT2D eigenvalue weighted by Gasteiger charge is 2.32. The van der Waals surface area contributed by atoms with Gasteiger partial charge in [-0.3, -0.25) is 4.57 Å². The first kappa shape index (κ1) is 11.3. The van der Waals surface area contributed by atoms with Crippen LogP contribution < -0.4 is 0 Å². The minimum atomic E-state index is -0.984. The van der Waals surface area contributed by atoms with E-state index in [-0.39, 0.29) is 8.46 Å². The lowest BCUT2D eigenvalue weighted by Crippen LogP contribution is -2.11. The summed E-state index contributed by atoms with van der Waals surface area (Å²) in [4.78, 5) is 0. The first-order chi connectivity index (χ1) is 7.77. The van der Waals surface area contributed by atoms with Gasteiger partial charge < -0.3 is 0 Å². The van der Waals surface area contributed by atoms with Gasteiger partial charge >= 0.3 is 0 Å². The Morgan fingerprint density at radius 1 is 0.812 bits per heavy atom. The van der Waals surface area contributed by atoms with Crippen molar-refractivity contribution < 1.29 is 4.57 Å². The SMILES string of the molecule is O=PC(Cl)(c1ccccc1)c1ccccc1. The Balaban J connectivity index is 2.53. The van der Waals surface area contributed by atoms with Crippen LogP contribution in [0.5, 0.6) is 0 Å². The van der Waals surface area contributed by atoms with Crippen molar-refractivity contribution in [3.63, 3.8) is 0 Å². The van der Waals surface area contributed by atoms with E-state index >= 15 is 0 Å². The van der Waals surface area contributed by atoms with Gasteiger partial charge in [-0.05, 0) is 11.1 Å². The van der Waals surface area contributed by atoms with Crippen molar-refractivity contribution in [1.82, 2.24) is 0 Å². The van der Waals surface area contributed by atoms with E-state index in [4.69, 9.17) is 11.6 Å². The Morgan fingerprint density at radius 3 is 1.50 bits per heavy atom. The Kier molecular flexibility index (Phi) is 3.38. The van der Waals surface area contributed by atoms with Crippen molar-refractivity contribution in [2.75, 3.05) is 0 Å². The third-order valence-electron chi connectivity index (χ3n) is 2.44. The summed E-state index contributed by atoms with van der Waals surface area (Å²) in [6.45, 7) is 0. The molecule has 0 aliphatic heterocycles. The minimum absolute atomic E-state index is 0.117. The predicted molar refractivity (Wildman–Crippen MR) is 67.1 cm³/mol. The molecular weight excluding hydrogens is 239 g/mol. The zero-order chi connectivity index (χ0) is 11.4. The van der Waals surface area contributed by atoms with Gasteiger partial charge in [0.15, 0.2) is 13.1 Å². The highest BCUT2D eigenvalue weighted by molar-refractivity contribution is 7.29. The average molecular weight is 249 g/mol. The van der Waals surface area contributed by atoms with Crippen LogP contribution in [0, 0.1) is 0 Å². The molecular formula is C13H10ClOP. The van der Waals surface area contributed by atoms with E-state index in [1.165, 1.54) is 0 Å². The maximum Gasteiger partial charge on any atom is 0.188 e. The number of rotatable bonds is 3. The summed E-state index contributed by atoms with van der Waals surface area (Å²) in [6, 6.07) is 18.9. The van der Waals surface area contributed by atoms with E-state index in [1.807, 2.05) is 60.7 Å². The number of halogens is 1. The highest BCUT2D eigenvalue weighted by atomic mass is 35.5. The number of alkyl halides is 1. The van der Waals surface area contributed by atoms with Crippen LogP contribution in [-0.4, -0.2) is 0 Å². The fourth-order valence-corrected chi connectivity index (χ4v) is 2.35. The monoisotopic (exact) mass is 248 g/mol. The van der Waals surface area contributed by atoms with Crippen LogP contribution in [-0.2, 0) is 9.18 Å². The summed E-state index contributed by atoms with van der Waals surface area (Å²) in [5.41, 5.74) is 1.67. The summed E-state index contributed by atoms with van der Waals surface area (Å²) in [5, 5.41) is 0. The number of hydrogen-bond acceptors (Lipinski definition) is 1. The van der Waals surface area contributed by atoms with Crippen LogP contribution in [0.25, 0.3) is 0 Å². The van der Waals surface area contributed by atoms with E-state index in [2.05, 4.69) is 0 Å². The fourth-order valence-electron chi connectivity index (χ4n) is 1.59. The average Bonchev–Trinajstić information content (AvgIpc) is 2.40. The summed E-state index contributed by atoms with van der Waals surface area (Å²) in [5.74, 6) is 0. The smallest absolute Gasteiger partial charge is 0.188 e. The molecule has 0 saturated heterocycles. The van der Waals surface area contributed by atoms with Crippen LogP contribution in [0.2, 0.25) is 0 Å². The lowest BCUT2D eigenvalue weighted by atomic mass is 10.0. The van der Waals surface area contributed by atoms with Crippen LogP contribution >= 0.6 is 20.1 Å². The summed E-state index contributed by atoms with van der Waals surface area (Å²) in [7, 11) is -0.117. The quantitative estimate of drug-likeness (QED) is 0.581. The predicted octanol–water partition coefficient (Wildman–Crippen LogP) is 4.42. The Morgan fingerprint density at radius 2 is 1.19 bits per heavy atom. The van der Waals surface area contributed by atoms with E-state index in [0.29, 0.717) is 0 Å². The molecule has 0 bridgehead atoms. The molecule has 2 aromatic carbocycles. The van der Waals surface area contributed by atoms with Gasteiger partial charge in [-0.1, -0.05) is 72.3 Å². The first-order valence-electron chi connectivity index (χ1n) is 4.92. The first-order valence-corrected chi connectivity index (χ1v) is 6.11. The van der Waals surface area contributed by atoms with Crippen molar-refractivity contribution in [2.45, 2.75) is 4.62 Å². The van der Waals surface area contributed by atoms with Crippen molar-refractivity contribution in [1.29, 1.82) is 0 Å². The van der Waals surface area contributed by atoms with E-state index < -0.39 is 4.62 Å². The maximum atomic E-state index is 11.4. The largest absolute Gasteiger partial charge is 0.272 e. The molecule has 0 fully saturated rings. The van der Waals surface area contributed by atoms with Crippen LogP contribution in [0.4, 0.5) is 0 Å². The molecule has 0 amide bonds. The molecule has 0 spiro atoms. The Hall–Kier alpha value is -1.17. The molecule has 0 N–H and O–H groups in total. The second-order valence-electron chi connectivity index (χ2n) is 3.45. The van der Waals surface area contributed by atoms with Gasteiger partial charge in [-0.15, -0.1) is 0 Å². The van der Waals surface area contributed by atoms with Crippen molar-refractivity contribution >= 4 is 20.1 Å². The van der Waals surface area contributed by atoms with E-state index in [0.717, 1.165) is 11.1 Å². The molecule has 0 aliphatic rings. The lowest BCUT2D eigenvalue weighted by Gasteiger charge is -2.20. The van der Waals surface area contributed by atoms with Gasteiger partial charge in [0.2, 0.25) is 0 Å². The van der Waals surface area contributed by atoms with Crippen LogP contribution in [0.1, 0.15) is 11.1 Å². The summed E-state index contributed by atoms with van der Waals surface area (Å²) >= 11 is 6.45. The Bertz CT molecular complexity index is 430. The molecule has 2 rings (SSSR count). The van der Waals surface area contributed by atoms with Gasteiger partial charge in [-0.25, -0.2) is 0 Å². The van der Waals surface area contributed by atoms with E-state index in [9.17, 15) is 4.57 Å². The van der Waals surface area contributed by atoms with Crippen molar-refractivity contribution in [3.05, 3.63) is 71.8 Å². The third kappa shape index (κ3) is 2.02. The molecule has 0 aliphatic carbocycles. The zero-order valence-electron chi connectivity index (χ0n) is 8.51. The third-order valence-corrected chi connectivity index (χ3v) is 3.85. The van der Waals surface area contributed by atoms with Gasteiger partial charge in [0.1, 0.15) is 0 Å². The van der Waals surface area contributed by atoms with E-state index in [1.54, 1.807) is 0 Å². The molecule has 0 saturated carbocycles. The Labute approximate surface area is 101 Å². The van der Waals surface area contributed by atoms with Gasteiger partial charge in [0.05, 0.1) is 0 Å². The number of benzene rings is 2. The van der Waals surface area contributed by atoms with Crippen LogP contribution in [0.3, 0.4) is 0 Å². The molecule has 0 radical (unpaired) electrons. The minimum Gasteiger partial charge on any atom is -0.272 e. The normalized spacial score (nSPS) is 11.6. The maximum absolute atomic E-state index is 11.4. The van der Waals surface area contributed by atoms with Gasteiger partial charge in [0.25, 0.3) is 0 Å². The molecule has 2 aromatic rings. The fraction of sp³-hybridized carbons (Fsp3) is 0.0769. The highest BCUT2D eigenvalue weighted by Crippen LogP contribution is 2.45. The molecule has 0 aromatic heterocycles. The molecule has 16 heavy (non-hydrogen) atoms. The molecule has 80 valence electrons. The molecule has 0 heterocycles. The van der Waals surface area contributed by atoms with Crippen molar-refractivity contribution in [3.8, 4) is 0 Å². The second-order valence-corrected chi connectivity index (χ2v) is 5.13. The zero-order valence-corrected chi connectivity index (χ0v) is 10.2.